The lowest BCUT2D eigenvalue weighted by Crippen LogP contribution is -2.28. The molecule has 5 heteroatoms. The van der Waals surface area contributed by atoms with E-state index in [9.17, 15) is 9.59 Å². The first-order chi connectivity index (χ1) is 11.1. The summed E-state index contributed by atoms with van der Waals surface area (Å²) in [6.45, 7) is 0.997. The Hall–Kier alpha value is -2.17. The lowest BCUT2D eigenvalue weighted by atomic mass is 9.81. The summed E-state index contributed by atoms with van der Waals surface area (Å²) in [4.78, 5) is 23.6. The molecule has 4 nitrogen and oxygen atoms in total. The summed E-state index contributed by atoms with van der Waals surface area (Å²) >= 11 is 5.89. The SMILES string of the molecule is O=CC1(c2ccc(NC(=O)c3cccc(Cl)c3)cc2)CCOC1. The molecule has 0 radical (unpaired) electrons. The summed E-state index contributed by atoms with van der Waals surface area (Å²) in [7, 11) is 0. The fourth-order valence-corrected chi connectivity index (χ4v) is 2.88. The van der Waals surface area contributed by atoms with Crippen LogP contribution in [0.4, 0.5) is 5.69 Å². The monoisotopic (exact) mass is 329 g/mol. The summed E-state index contributed by atoms with van der Waals surface area (Å²) in [5, 5.41) is 3.33. The molecule has 1 heterocycles. The van der Waals surface area contributed by atoms with Crippen molar-refractivity contribution < 1.29 is 14.3 Å². The first-order valence-electron chi connectivity index (χ1n) is 7.34. The predicted molar refractivity (Wildman–Crippen MR) is 89.0 cm³/mol. The van der Waals surface area contributed by atoms with Crippen molar-refractivity contribution in [1.29, 1.82) is 0 Å². The Morgan fingerprint density at radius 1 is 1.22 bits per heavy atom. The van der Waals surface area contributed by atoms with Crippen molar-refractivity contribution in [3.05, 3.63) is 64.7 Å². The number of halogens is 1. The van der Waals surface area contributed by atoms with Gasteiger partial charge in [0.1, 0.15) is 6.29 Å². The van der Waals surface area contributed by atoms with Crippen molar-refractivity contribution in [2.45, 2.75) is 11.8 Å². The van der Waals surface area contributed by atoms with Crippen molar-refractivity contribution in [3.63, 3.8) is 0 Å². The van der Waals surface area contributed by atoms with E-state index in [4.69, 9.17) is 16.3 Å². The molecule has 2 aromatic carbocycles. The maximum absolute atomic E-state index is 12.2. The lowest BCUT2D eigenvalue weighted by molar-refractivity contribution is -0.112. The van der Waals surface area contributed by atoms with Crippen LogP contribution < -0.4 is 5.32 Å². The molecule has 1 N–H and O–H groups in total. The van der Waals surface area contributed by atoms with Gasteiger partial charge in [-0.1, -0.05) is 29.8 Å². The highest BCUT2D eigenvalue weighted by Gasteiger charge is 2.36. The van der Waals surface area contributed by atoms with E-state index in [0.29, 0.717) is 35.9 Å². The number of amides is 1. The van der Waals surface area contributed by atoms with Gasteiger partial charge in [0, 0.05) is 22.9 Å². The zero-order valence-corrected chi connectivity index (χ0v) is 13.2. The van der Waals surface area contributed by atoms with Gasteiger partial charge in [0.25, 0.3) is 5.91 Å². The number of hydrogen-bond donors (Lipinski definition) is 1. The molecule has 0 saturated carbocycles. The van der Waals surface area contributed by atoms with Crippen molar-refractivity contribution in [3.8, 4) is 0 Å². The van der Waals surface area contributed by atoms with Crippen molar-refractivity contribution >= 4 is 29.5 Å². The average molecular weight is 330 g/mol. The molecule has 1 fully saturated rings. The summed E-state index contributed by atoms with van der Waals surface area (Å²) < 4.78 is 5.36. The standard InChI is InChI=1S/C18H16ClNO3/c19-15-3-1-2-13(10-15)17(22)20-16-6-4-14(5-7-16)18(11-21)8-9-23-12-18/h1-7,10-11H,8-9,12H2,(H,20,22). The van der Waals surface area contributed by atoms with Crippen LogP contribution >= 0.6 is 11.6 Å². The summed E-state index contributed by atoms with van der Waals surface area (Å²) in [5.41, 5.74) is 1.51. The molecule has 1 aliphatic heterocycles. The first-order valence-corrected chi connectivity index (χ1v) is 7.72. The number of carbonyl (C=O) groups is 2. The normalized spacial score (nSPS) is 20.2. The number of benzene rings is 2. The van der Waals surface area contributed by atoms with Crippen LogP contribution in [0.1, 0.15) is 22.3 Å². The minimum absolute atomic E-state index is 0.227. The van der Waals surface area contributed by atoms with Gasteiger partial charge in [0.2, 0.25) is 0 Å². The molecule has 1 amide bonds. The van der Waals surface area contributed by atoms with Crippen LogP contribution in [-0.2, 0) is 14.9 Å². The summed E-state index contributed by atoms with van der Waals surface area (Å²) in [6, 6.07) is 14.1. The minimum Gasteiger partial charge on any atom is -0.380 e. The Kier molecular flexibility index (Phi) is 4.46. The largest absolute Gasteiger partial charge is 0.380 e. The van der Waals surface area contributed by atoms with Gasteiger partial charge in [-0.2, -0.15) is 0 Å². The maximum Gasteiger partial charge on any atom is 0.255 e. The molecule has 0 aromatic heterocycles. The Morgan fingerprint density at radius 3 is 2.61 bits per heavy atom. The molecule has 1 atom stereocenters. The van der Waals surface area contributed by atoms with Crippen molar-refractivity contribution in [2.75, 3.05) is 18.5 Å². The molecule has 1 saturated heterocycles. The minimum atomic E-state index is -0.560. The van der Waals surface area contributed by atoms with E-state index in [1.165, 1.54) is 0 Å². The van der Waals surface area contributed by atoms with E-state index in [1.54, 1.807) is 36.4 Å². The van der Waals surface area contributed by atoms with E-state index in [0.717, 1.165) is 11.8 Å². The van der Waals surface area contributed by atoms with Crippen molar-refractivity contribution in [1.82, 2.24) is 0 Å². The van der Waals surface area contributed by atoms with Crippen LogP contribution in [0.2, 0.25) is 5.02 Å². The molecule has 118 valence electrons. The molecule has 0 bridgehead atoms. The van der Waals surface area contributed by atoms with Crippen LogP contribution in [0, 0.1) is 0 Å². The molecular formula is C18H16ClNO3. The first kappa shape index (κ1) is 15.7. The average Bonchev–Trinajstić information content (AvgIpc) is 3.06. The topological polar surface area (TPSA) is 55.4 Å². The van der Waals surface area contributed by atoms with Crippen LogP contribution in [0.3, 0.4) is 0 Å². The number of carbonyl (C=O) groups excluding carboxylic acids is 2. The summed E-state index contributed by atoms with van der Waals surface area (Å²) in [5.74, 6) is -0.227. The summed E-state index contributed by atoms with van der Waals surface area (Å²) in [6.07, 6.45) is 1.64. The number of aldehydes is 1. The Balaban J connectivity index is 1.75. The van der Waals surface area contributed by atoms with Gasteiger partial charge in [0.15, 0.2) is 0 Å². The smallest absolute Gasteiger partial charge is 0.255 e. The van der Waals surface area contributed by atoms with Crippen LogP contribution in [0.5, 0.6) is 0 Å². The van der Waals surface area contributed by atoms with E-state index >= 15 is 0 Å². The van der Waals surface area contributed by atoms with Crippen molar-refractivity contribution in [2.24, 2.45) is 0 Å². The van der Waals surface area contributed by atoms with E-state index in [2.05, 4.69) is 5.32 Å². The quantitative estimate of drug-likeness (QED) is 0.874. The molecule has 23 heavy (non-hydrogen) atoms. The Labute approximate surface area is 139 Å². The predicted octanol–water partition coefficient (Wildman–Crippen LogP) is 3.45. The van der Waals surface area contributed by atoms with Gasteiger partial charge in [-0.15, -0.1) is 0 Å². The number of hydrogen-bond acceptors (Lipinski definition) is 3. The van der Waals surface area contributed by atoms with Gasteiger partial charge >= 0.3 is 0 Å². The second-order valence-electron chi connectivity index (χ2n) is 5.62. The van der Waals surface area contributed by atoms with Gasteiger partial charge < -0.3 is 14.8 Å². The second kappa shape index (κ2) is 6.52. The van der Waals surface area contributed by atoms with E-state index < -0.39 is 5.41 Å². The van der Waals surface area contributed by atoms with Gasteiger partial charge in [0.05, 0.1) is 12.0 Å². The fraction of sp³-hybridized carbons (Fsp3) is 0.222. The maximum atomic E-state index is 12.2. The highest BCUT2D eigenvalue weighted by molar-refractivity contribution is 6.31. The third kappa shape index (κ3) is 3.28. The molecular weight excluding hydrogens is 314 g/mol. The van der Waals surface area contributed by atoms with Crippen LogP contribution in [0.15, 0.2) is 48.5 Å². The zero-order chi connectivity index (χ0) is 16.3. The third-order valence-electron chi connectivity index (χ3n) is 4.08. The van der Waals surface area contributed by atoms with Gasteiger partial charge in [-0.3, -0.25) is 4.79 Å². The van der Waals surface area contributed by atoms with E-state index in [1.807, 2.05) is 12.1 Å². The molecule has 1 aliphatic rings. The molecule has 0 spiro atoms. The van der Waals surface area contributed by atoms with Gasteiger partial charge in [-0.25, -0.2) is 0 Å². The number of rotatable bonds is 4. The lowest BCUT2D eigenvalue weighted by Gasteiger charge is -2.20. The fourth-order valence-electron chi connectivity index (χ4n) is 2.69. The Bertz CT molecular complexity index is 721. The molecule has 1 unspecified atom stereocenters. The highest BCUT2D eigenvalue weighted by Crippen LogP contribution is 2.31. The van der Waals surface area contributed by atoms with Gasteiger partial charge in [-0.05, 0) is 42.3 Å². The zero-order valence-electron chi connectivity index (χ0n) is 12.4. The third-order valence-corrected chi connectivity index (χ3v) is 4.32. The second-order valence-corrected chi connectivity index (χ2v) is 6.05. The number of nitrogens with one attached hydrogen (secondary N) is 1. The molecule has 3 rings (SSSR count). The molecule has 2 aromatic rings. The highest BCUT2D eigenvalue weighted by atomic mass is 35.5. The number of ether oxygens (including phenoxy) is 1. The molecule has 0 aliphatic carbocycles. The Morgan fingerprint density at radius 2 is 2.00 bits per heavy atom. The van der Waals surface area contributed by atoms with E-state index in [-0.39, 0.29) is 5.91 Å². The van der Waals surface area contributed by atoms with Crippen LogP contribution in [-0.4, -0.2) is 25.4 Å². The van der Waals surface area contributed by atoms with Crippen LogP contribution in [0.25, 0.3) is 0 Å². The number of anilines is 1.